The average Bonchev–Trinajstić information content (AvgIpc) is 1.87. The van der Waals surface area contributed by atoms with Crippen LogP contribution >= 0.6 is 0 Å². The highest BCUT2D eigenvalue weighted by atomic mass is 16.3. The van der Waals surface area contributed by atoms with Gasteiger partial charge >= 0.3 is 0 Å². The number of rotatable bonds is 4. The van der Waals surface area contributed by atoms with Crippen LogP contribution in [0.2, 0.25) is 0 Å². The van der Waals surface area contributed by atoms with E-state index >= 15 is 0 Å². The lowest BCUT2D eigenvalue weighted by atomic mass is 9.98. The van der Waals surface area contributed by atoms with E-state index in [1.54, 1.807) is 6.92 Å². The zero-order valence-electron chi connectivity index (χ0n) is 7.54. The fourth-order valence-corrected chi connectivity index (χ4v) is 0.675. The highest BCUT2D eigenvalue weighted by Crippen LogP contribution is 2.13. The first-order valence-electron chi connectivity index (χ1n) is 3.99. The van der Waals surface area contributed by atoms with E-state index in [4.69, 9.17) is 5.11 Å². The van der Waals surface area contributed by atoms with Gasteiger partial charge in [-0.25, -0.2) is 0 Å². The molecule has 0 aromatic carbocycles. The van der Waals surface area contributed by atoms with Crippen molar-refractivity contribution < 1.29 is 10.2 Å². The summed E-state index contributed by atoms with van der Waals surface area (Å²) in [5, 5.41) is 18.4. The third-order valence-corrected chi connectivity index (χ3v) is 1.83. The number of aliphatic hydroxyl groups is 2. The van der Waals surface area contributed by atoms with Gasteiger partial charge in [-0.3, -0.25) is 0 Å². The normalized spacial score (nSPS) is 16.5. The second-order valence-corrected chi connectivity index (χ2v) is 3.35. The van der Waals surface area contributed by atoms with Crippen molar-refractivity contribution in [1.82, 2.24) is 0 Å². The molecule has 66 valence electrons. The minimum Gasteiger partial charge on any atom is -0.393 e. The van der Waals surface area contributed by atoms with Gasteiger partial charge in [0.2, 0.25) is 0 Å². The van der Waals surface area contributed by atoms with E-state index in [2.05, 4.69) is 6.58 Å². The van der Waals surface area contributed by atoms with Gasteiger partial charge in [0.1, 0.15) is 0 Å². The third-order valence-electron chi connectivity index (χ3n) is 1.83. The zero-order valence-corrected chi connectivity index (χ0v) is 7.54. The molecule has 11 heavy (non-hydrogen) atoms. The second-order valence-electron chi connectivity index (χ2n) is 3.35. The van der Waals surface area contributed by atoms with E-state index in [-0.39, 0.29) is 12.0 Å². The van der Waals surface area contributed by atoms with E-state index in [9.17, 15) is 5.11 Å². The maximum atomic E-state index is 9.37. The van der Waals surface area contributed by atoms with Crippen molar-refractivity contribution in [2.24, 2.45) is 5.92 Å². The number of aliphatic hydroxyl groups excluding tert-OH is 2. The van der Waals surface area contributed by atoms with Crippen LogP contribution in [0.4, 0.5) is 0 Å². The molecular weight excluding hydrogens is 140 g/mol. The Morgan fingerprint density at radius 3 is 2.00 bits per heavy atom. The van der Waals surface area contributed by atoms with Gasteiger partial charge in [0.15, 0.2) is 0 Å². The van der Waals surface area contributed by atoms with E-state index < -0.39 is 6.10 Å². The highest BCUT2D eigenvalue weighted by Gasteiger charge is 2.12. The molecule has 0 aliphatic heterocycles. The Balaban J connectivity index is 3.76. The zero-order chi connectivity index (χ0) is 9.02. The average molecular weight is 158 g/mol. The minimum absolute atomic E-state index is 0.227. The van der Waals surface area contributed by atoms with Crippen molar-refractivity contribution in [2.45, 2.75) is 39.4 Å². The van der Waals surface area contributed by atoms with Gasteiger partial charge in [-0.15, -0.1) is 0 Å². The summed E-state index contributed by atoms with van der Waals surface area (Å²) in [6.45, 7) is 9.22. The number of hydrogen-bond donors (Lipinski definition) is 2. The Bertz CT molecular complexity index is 128. The van der Waals surface area contributed by atoms with Crippen molar-refractivity contribution in [3.63, 3.8) is 0 Å². The van der Waals surface area contributed by atoms with Crippen molar-refractivity contribution in [3.8, 4) is 0 Å². The molecule has 0 spiro atoms. The van der Waals surface area contributed by atoms with Crippen LogP contribution in [0, 0.1) is 5.92 Å². The predicted molar refractivity (Wildman–Crippen MR) is 46.3 cm³/mol. The van der Waals surface area contributed by atoms with Crippen molar-refractivity contribution in [1.29, 1.82) is 0 Å². The van der Waals surface area contributed by atoms with Gasteiger partial charge in [-0.05, 0) is 24.8 Å². The van der Waals surface area contributed by atoms with Crippen LogP contribution in [-0.2, 0) is 0 Å². The highest BCUT2D eigenvalue weighted by molar-refractivity contribution is 5.01. The molecule has 0 fully saturated rings. The fraction of sp³-hybridized carbons (Fsp3) is 0.778. The van der Waals surface area contributed by atoms with E-state index in [0.717, 1.165) is 0 Å². The standard InChI is InChI=1S/C9H18O2/c1-6(2)9(11)5-7(3)8(4)10/h6,8-11H,3,5H2,1-2,4H3/t8-,9-/m0/s1. The van der Waals surface area contributed by atoms with Crippen LogP contribution < -0.4 is 0 Å². The van der Waals surface area contributed by atoms with Gasteiger partial charge in [-0.2, -0.15) is 0 Å². The maximum absolute atomic E-state index is 9.37. The first-order valence-corrected chi connectivity index (χ1v) is 3.99. The lowest BCUT2D eigenvalue weighted by Crippen LogP contribution is -2.18. The molecule has 2 atom stereocenters. The summed E-state index contributed by atoms with van der Waals surface area (Å²) in [5.41, 5.74) is 0.700. The quantitative estimate of drug-likeness (QED) is 0.606. The molecule has 0 aromatic heterocycles. The van der Waals surface area contributed by atoms with Gasteiger partial charge in [0, 0.05) is 0 Å². The molecule has 0 rings (SSSR count). The predicted octanol–water partition coefficient (Wildman–Crippen LogP) is 1.33. The SMILES string of the molecule is C=C(C[C@H](O)C(C)C)[C@H](C)O. The lowest BCUT2D eigenvalue weighted by molar-refractivity contribution is 0.115. The Kier molecular flexibility index (Phi) is 4.38. The molecular formula is C9H18O2. The van der Waals surface area contributed by atoms with Crippen LogP contribution in [0.5, 0.6) is 0 Å². The first-order chi connectivity index (χ1) is 4.95. The molecule has 0 radical (unpaired) electrons. The number of hydrogen-bond acceptors (Lipinski definition) is 2. The maximum Gasteiger partial charge on any atom is 0.0720 e. The molecule has 0 aromatic rings. The largest absolute Gasteiger partial charge is 0.393 e. The van der Waals surface area contributed by atoms with Gasteiger partial charge < -0.3 is 10.2 Å². The van der Waals surface area contributed by atoms with Crippen LogP contribution in [0.3, 0.4) is 0 Å². The van der Waals surface area contributed by atoms with E-state index in [0.29, 0.717) is 12.0 Å². The molecule has 0 unspecified atom stereocenters. The van der Waals surface area contributed by atoms with Crippen molar-refractivity contribution in [3.05, 3.63) is 12.2 Å². The van der Waals surface area contributed by atoms with Crippen molar-refractivity contribution >= 4 is 0 Å². The molecule has 0 amide bonds. The summed E-state index contributed by atoms with van der Waals surface area (Å²) in [7, 11) is 0. The summed E-state index contributed by atoms with van der Waals surface area (Å²) in [6, 6.07) is 0. The monoisotopic (exact) mass is 158 g/mol. The Hall–Kier alpha value is -0.340. The summed E-state index contributed by atoms with van der Waals surface area (Å²) in [4.78, 5) is 0. The summed E-state index contributed by atoms with van der Waals surface area (Å²) in [6.07, 6.45) is -0.393. The molecule has 2 nitrogen and oxygen atoms in total. The summed E-state index contributed by atoms with van der Waals surface area (Å²) in [5.74, 6) is 0.227. The van der Waals surface area contributed by atoms with Crippen molar-refractivity contribution in [2.75, 3.05) is 0 Å². The minimum atomic E-state index is -0.511. The molecule has 0 heterocycles. The molecule has 0 saturated carbocycles. The first kappa shape index (κ1) is 10.7. The van der Waals surface area contributed by atoms with Crippen LogP contribution in [0.25, 0.3) is 0 Å². The van der Waals surface area contributed by atoms with Crippen LogP contribution in [0.1, 0.15) is 27.2 Å². The molecule has 0 saturated heterocycles. The molecule has 0 aliphatic rings. The molecule has 2 N–H and O–H groups in total. The molecule has 2 heteroatoms. The molecule has 0 aliphatic carbocycles. The smallest absolute Gasteiger partial charge is 0.0720 e. The van der Waals surface area contributed by atoms with E-state index in [1.807, 2.05) is 13.8 Å². The van der Waals surface area contributed by atoms with Gasteiger partial charge in [0.25, 0.3) is 0 Å². The Labute approximate surface area is 68.6 Å². The van der Waals surface area contributed by atoms with E-state index in [1.165, 1.54) is 0 Å². The topological polar surface area (TPSA) is 40.5 Å². The Morgan fingerprint density at radius 1 is 1.27 bits per heavy atom. The van der Waals surface area contributed by atoms with Crippen LogP contribution in [0.15, 0.2) is 12.2 Å². The second kappa shape index (κ2) is 4.52. The van der Waals surface area contributed by atoms with Gasteiger partial charge in [-0.1, -0.05) is 20.4 Å². The van der Waals surface area contributed by atoms with Gasteiger partial charge in [0.05, 0.1) is 12.2 Å². The van der Waals surface area contributed by atoms with Crippen LogP contribution in [-0.4, -0.2) is 22.4 Å². The Morgan fingerprint density at radius 2 is 1.73 bits per heavy atom. The summed E-state index contributed by atoms with van der Waals surface area (Å²) >= 11 is 0. The molecule has 0 bridgehead atoms. The third kappa shape index (κ3) is 4.17. The summed E-state index contributed by atoms with van der Waals surface area (Å²) < 4.78 is 0. The fourth-order valence-electron chi connectivity index (χ4n) is 0.675. The lowest BCUT2D eigenvalue weighted by Gasteiger charge is -2.17.